The van der Waals surface area contributed by atoms with Crippen molar-refractivity contribution in [3.05, 3.63) is 30.1 Å². The molecule has 0 unspecified atom stereocenters. The number of rotatable bonds is 4. The van der Waals surface area contributed by atoms with E-state index < -0.39 is 0 Å². The number of hydrogen-bond donors (Lipinski definition) is 1. The Morgan fingerprint density at radius 2 is 1.96 bits per heavy atom. The van der Waals surface area contributed by atoms with Gasteiger partial charge in [0.05, 0.1) is 0 Å². The molecule has 1 aromatic rings. The maximum atomic E-state index is 12.3. The van der Waals surface area contributed by atoms with Gasteiger partial charge in [-0.25, -0.2) is 4.79 Å². The molecule has 6 nitrogen and oxygen atoms in total. The molecule has 1 aliphatic carbocycles. The molecule has 1 aliphatic heterocycles. The number of pyridine rings is 1. The van der Waals surface area contributed by atoms with Gasteiger partial charge in [-0.2, -0.15) is 0 Å². The van der Waals surface area contributed by atoms with E-state index in [1.807, 2.05) is 28.1 Å². The number of urea groups is 1. The highest BCUT2D eigenvalue weighted by Crippen LogP contribution is 2.31. The first-order valence-electron chi connectivity index (χ1n) is 8.44. The van der Waals surface area contributed by atoms with Crippen LogP contribution in [0, 0.1) is 5.92 Å². The minimum absolute atomic E-state index is 0.0328. The smallest absolute Gasteiger partial charge is 0.317 e. The molecule has 1 saturated carbocycles. The molecule has 1 N–H and O–H groups in total. The maximum absolute atomic E-state index is 12.3. The highest BCUT2D eigenvalue weighted by molar-refractivity contribution is 5.81. The topological polar surface area (TPSA) is 65.5 Å². The third-order valence-corrected chi connectivity index (χ3v) is 4.43. The predicted molar refractivity (Wildman–Crippen MR) is 86.8 cm³/mol. The van der Waals surface area contributed by atoms with Gasteiger partial charge in [0, 0.05) is 51.0 Å². The summed E-state index contributed by atoms with van der Waals surface area (Å²) in [6.07, 6.45) is 7.27. The van der Waals surface area contributed by atoms with Crippen LogP contribution in [0.1, 0.15) is 24.8 Å². The van der Waals surface area contributed by atoms with Crippen molar-refractivity contribution < 1.29 is 9.59 Å². The van der Waals surface area contributed by atoms with Gasteiger partial charge in [-0.05, 0) is 37.3 Å². The second-order valence-electron chi connectivity index (χ2n) is 6.28. The zero-order valence-electron chi connectivity index (χ0n) is 13.4. The number of nitrogens with one attached hydrogen (secondary N) is 1. The van der Waals surface area contributed by atoms with Crippen molar-refractivity contribution in [3.8, 4) is 0 Å². The Labute approximate surface area is 136 Å². The molecule has 0 aromatic carbocycles. The number of carbonyl (C=O) groups excluding carboxylic acids is 2. The highest BCUT2D eigenvalue weighted by atomic mass is 16.2. The Bertz CT molecular complexity index is 545. The zero-order chi connectivity index (χ0) is 16.1. The average Bonchev–Trinajstić information content (AvgIpc) is 3.41. The predicted octanol–water partition coefficient (Wildman–Crippen LogP) is 1.28. The van der Waals surface area contributed by atoms with Crippen molar-refractivity contribution in [1.82, 2.24) is 20.1 Å². The standard InChI is InChI=1S/C17H24N4O2/c22-16(15-4-5-15)20-9-2-10-21(12-11-20)17(23)19-8-6-14-3-1-7-18-13-14/h1,3,7,13,15H,2,4-6,8-12H2,(H,19,23). The Balaban J connectivity index is 1.41. The van der Waals surface area contributed by atoms with Gasteiger partial charge in [-0.3, -0.25) is 9.78 Å². The van der Waals surface area contributed by atoms with E-state index in [1.165, 1.54) is 0 Å². The molecule has 0 spiro atoms. The quantitative estimate of drug-likeness (QED) is 0.910. The summed E-state index contributed by atoms with van der Waals surface area (Å²) >= 11 is 0. The van der Waals surface area contributed by atoms with Gasteiger partial charge in [0.25, 0.3) is 0 Å². The minimum Gasteiger partial charge on any atom is -0.341 e. The Morgan fingerprint density at radius 1 is 1.17 bits per heavy atom. The lowest BCUT2D eigenvalue weighted by Gasteiger charge is -2.22. The molecule has 1 aromatic heterocycles. The Hall–Kier alpha value is -2.11. The first-order valence-corrected chi connectivity index (χ1v) is 8.44. The van der Waals surface area contributed by atoms with Gasteiger partial charge in [-0.15, -0.1) is 0 Å². The van der Waals surface area contributed by atoms with E-state index in [-0.39, 0.29) is 17.9 Å². The SMILES string of the molecule is O=C(NCCc1cccnc1)N1CCCN(C(=O)C2CC2)CC1. The van der Waals surface area contributed by atoms with Crippen LogP contribution >= 0.6 is 0 Å². The second kappa shape index (κ2) is 7.44. The van der Waals surface area contributed by atoms with Crippen LogP contribution in [0.15, 0.2) is 24.5 Å². The minimum atomic E-state index is -0.0328. The van der Waals surface area contributed by atoms with Crippen molar-refractivity contribution in [3.63, 3.8) is 0 Å². The third-order valence-electron chi connectivity index (χ3n) is 4.43. The molecular weight excluding hydrogens is 292 g/mol. The monoisotopic (exact) mass is 316 g/mol. The summed E-state index contributed by atoms with van der Waals surface area (Å²) in [5.74, 6) is 0.540. The summed E-state index contributed by atoms with van der Waals surface area (Å²) < 4.78 is 0. The largest absolute Gasteiger partial charge is 0.341 e. The summed E-state index contributed by atoms with van der Waals surface area (Å²) in [5, 5.41) is 2.96. The highest BCUT2D eigenvalue weighted by Gasteiger charge is 2.34. The number of nitrogens with zero attached hydrogens (tertiary/aromatic N) is 3. The van der Waals surface area contributed by atoms with Crippen LogP contribution in [-0.4, -0.2) is 59.4 Å². The summed E-state index contributed by atoms with van der Waals surface area (Å²) in [5.41, 5.74) is 1.12. The van der Waals surface area contributed by atoms with Gasteiger partial charge in [0.15, 0.2) is 0 Å². The zero-order valence-corrected chi connectivity index (χ0v) is 13.4. The van der Waals surface area contributed by atoms with Crippen LogP contribution in [0.25, 0.3) is 0 Å². The Morgan fingerprint density at radius 3 is 2.70 bits per heavy atom. The van der Waals surface area contributed by atoms with E-state index in [0.29, 0.717) is 26.2 Å². The lowest BCUT2D eigenvalue weighted by molar-refractivity contribution is -0.132. The van der Waals surface area contributed by atoms with Gasteiger partial charge in [0.1, 0.15) is 0 Å². The number of aromatic nitrogens is 1. The van der Waals surface area contributed by atoms with Crippen molar-refractivity contribution in [1.29, 1.82) is 0 Å². The van der Waals surface area contributed by atoms with Gasteiger partial charge in [-0.1, -0.05) is 6.07 Å². The maximum Gasteiger partial charge on any atom is 0.317 e. The van der Waals surface area contributed by atoms with Crippen molar-refractivity contribution in [2.45, 2.75) is 25.7 Å². The van der Waals surface area contributed by atoms with Crippen LogP contribution in [0.4, 0.5) is 4.79 Å². The molecule has 3 rings (SSSR count). The van der Waals surface area contributed by atoms with Crippen molar-refractivity contribution in [2.24, 2.45) is 5.92 Å². The molecule has 3 amide bonds. The molecule has 2 heterocycles. The van der Waals surface area contributed by atoms with E-state index in [4.69, 9.17) is 0 Å². The second-order valence-corrected chi connectivity index (χ2v) is 6.28. The average molecular weight is 316 g/mol. The van der Waals surface area contributed by atoms with Crippen molar-refractivity contribution >= 4 is 11.9 Å². The first kappa shape index (κ1) is 15.8. The fourth-order valence-electron chi connectivity index (χ4n) is 2.90. The molecule has 0 bridgehead atoms. The molecule has 6 heteroatoms. The molecule has 23 heavy (non-hydrogen) atoms. The number of carbonyl (C=O) groups is 2. The summed E-state index contributed by atoms with van der Waals surface area (Å²) in [6.45, 7) is 3.37. The fraction of sp³-hybridized carbons (Fsp3) is 0.588. The van der Waals surface area contributed by atoms with Crippen LogP contribution in [0.2, 0.25) is 0 Å². The molecule has 1 saturated heterocycles. The number of hydrogen-bond acceptors (Lipinski definition) is 3. The van der Waals surface area contributed by atoms with E-state index in [2.05, 4.69) is 10.3 Å². The molecule has 0 radical (unpaired) electrons. The van der Waals surface area contributed by atoms with Crippen LogP contribution in [-0.2, 0) is 11.2 Å². The molecule has 2 aliphatic rings. The van der Waals surface area contributed by atoms with Crippen LogP contribution in [0.3, 0.4) is 0 Å². The van der Waals surface area contributed by atoms with Crippen LogP contribution < -0.4 is 5.32 Å². The first-order chi connectivity index (χ1) is 11.2. The molecule has 124 valence electrons. The fourth-order valence-corrected chi connectivity index (χ4v) is 2.90. The van der Waals surface area contributed by atoms with E-state index in [9.17, 15) is 9.59 Å². The Kier molecular flexibility index (Phi) is 5.10. The van der Waals surface area contributed by atoms with Crippen LogP contribution in [0.5, 0.6) is 0 Å². The summed E-state index contributed by atoms with van der Waals surface area (Å²) in [6, 6.07) is 3.87. The van der Waals surface area contributed by atoms with Gasteiger partial charge < -0.3 is 15.1 Å². The summed E-state index contributed by atoms with van der Waals surface area (Å²) in [7, 11) is 0. The van der Waals surface area contributed by atoms with Crippen molar-refractivity contribution in [2.75, 3.05) is 32.7 Å². The van der Waals surface area contributed by atoms with E-state index >= 15 is 0 Å². The lowest BCUT2D eigenvalue weighted by atomic mass is 10.2. The van der Waals surface area contributed by atoms with Gasteiger partial charge >= 0.3 is 6.03 Å². The molecule has 2 fully saturated rings. The van der Waals surface area contributed by atoms with E-state index in [0.717, 1.165) is 37.8 Å². The van der Waals surface area contributed by atoms with E-state index in [1.54, 1.807) is 6.20 Å². The van der Waals surface area contributed by atoms with Gasteiger partial charge in [0.2, 0.25) is 5.91 Å². The molecular formula is C17H24N4O2. The number of amides is 3. The lowest BCUT2D eigenvalue weighted by Crippen LogP contribution is -2.43. The summed E-state index contributed by atoms with van der Waals surface area (Å²) in [4.78, 5) is 32.2. The molecule has 0 atom stereocenters. The third kappa shape index (κ3) is 4.43. The normalized spacial score (nSPS) is 18.4.